The van der Waals surface area contributed by atoms with Gasteiger partial charge in [-0.05, 0) is 38.5 Å². The number of hydrogen-bond acceptors (Lipinski definition) is 3. The Morgan fingerprint density at radius 2 is 1.95 bits per heavy atom. The van der Waals surface area contributed by atoms with Gasteiger partial charge in [0.1, 0.15) is 0 Å². The topological polar surface area (TPSA) is 41.5 Å². The highest BCUT2D eigenvalue weighted by Crippen LogP contribution is 2.09. The normalized spacial score (nSPS) is 13.6. The summed E-state index contributed by atoms with van der Waals surface area (Å²) in [4.78, 5) is 0. The average molecular weight is 273 g/mol. The molecule has 1 atom stereocenters. The van der Waals surface area contributed by atoms with Gasteiger partial charge in [-0.15, -0.1) is 0 Å². The van der Waals surface area contributed by atoms with E-state index in [1.54, 1.807) is 0 Å². The van der Waals surface area contributed by atoms with Gasteiger partial charge >= 0.3 is 0 Å². The van der Waals surface area contributed by atoms with Crippen molar-refractivity contribution in [2.75, 3.05) is 13.2 Å². The van der Waals surface area contributed by atoms with Crippen molar-refractivity contribution >= 4 is 0 Å². The molecule has 0 aliphatic carbocycles. The van der Waals surface area contributed by atoms with Gasteiger partial charge < -0.3 is 15.2 Å². The van der Waals surface area contributed by atoms with Crippen LogP contribution in [0.25, 0.3) is 0 Å². The molecular formula is C14H21F2NO2. The van der Waals surface area contributed by atoms with Gasteiger partial charge in [-0.1, -0.05) is 6.07 Å². The smallest absolute Gasteiger partial charge is 0.159 e. The Kier molecular flexibility index (Phi) is 5.85. The van der Waals surface area contributed by atoms with E-state index in [0.29, 0.717) is 18.7 Å². The number of aliphatic hydroxyl groups is 1. The minimum Gasteiger partial charge on any atom is -0.389 e. The van der Waals surface area contributed by atoms with Crippen LogP contribution in [0.2, 0.25) is 0 Å². The van der Waals surface area contributed by atoms with E-state index in [4.69, 9.17) is 4.74 Å². The van der Waals surface area contributed by atoms with Gasteiger partial charge in [0.05, 0.1) is 18.3 Å². The molecule has 0 heterocycles. The summed E-state index contributed by atoms with van der Waals surface area (Å²) in [5.41, 5.74) is 0.337. The van der Waals surface area contributed by atoms with Crippen LogP contribution in [0.5, 0.6) is 0 Å². The van der Waals surface area contributed by atoms with Gasteiger partial charge in [0.25, 0.3) is 0 Å². The Morgan fingerprint density at radius 3 is 2.53 bits per heavy atom. The number of aliphatic hydroxyl groups excluding tert-OH is 1. The molecule has 0 aromatic heterocycles. The molecule has 108 valence electrons. The lowest BCUT2D eigenvalue weighted by atomic mass is 10.2. The second kappa shape index (κ2) is 6.93. The fourth-order valence-electron chi connectivity index (χ4n) is 1.44. The molecule has 1 unspecified atom stereocenters. The number of ether oxygens (including phenoxy) is 1. The first-order valence-electron chi connectivity index (χ1n) is 6.24. The number of hydrogen-bond donors (Lipinski definition) is 2. The quantitative estimate of drug-likeness (QED) is 0.835. The molecule has 0 bridgehead atoms. The highest BCUT2D eigenvalue weighted by molar-refractivity contribution is 5.17. The highest BCUT2D eigenvalue weighted by Gasteiger charge is 2.13. The van der Waals surface area contributed by atoms with E-state index < -0.39 is 17.7 Å². The minimum absolute atomic E-state index is 0.230. The van der Waals surface area contributed by atoms with Crippen LogP contribution in [0.4, 0.5) is 8.78 Å². The Labute approximate surface area is 112 Å². The Bertz CT molecular complexity index is 405. The lowest BCUT2D eigenvalue weighted by molar-refractivity contribution is -0.0479. The van der Waals surface area contributed by atoms with Crippen LogP contribution < -0.4 is 5.32 Å². The zero-order chi connectivity index (χ0) is 14.5. The minimum atomic E-state index is -0.865. The lowest BCUT2D eigenvalue weighted by Gasteiger charge is -2.22. The molecule has 0 aliphatic rings. The molecule has 0 radical (unpaired) electrons. The molecule has 1 aromatic carbocycles. The monoisotopic (exact) mass is 273 g/mol. The summed E-state index contributed by atoms with van der Waals surface area (Å²) in [5, 5.41) is 12.6. The average Bonchev–Trinajstić information content (AvgIpc) is 2.30. The summed E-state index contributed by atoms with van der Waals surface area (Å²) >= 11 is 0. The van der Waals surface area contributed by atoms with Crippen molar-refractivity contribution < 1.29 is 18.6 Å². The summed E-state index contributed by atoms with van der Waals surface area (Å²) in [6, 6.07) is 3.73. The Morgan fingerprint density at radius 1 is 1.26 bits per heavy atom. The second-order valence-electron chi connectivity index (χ2n) is 5.46. The Balaban J connectivity index is 2.28. The van der Waals surface area contributed by atoms with Crippen molar-refractivity contribution in [2.24, 2.45) is 0 Å². The van der Waals surface area contributed by atoms with Crippen LogP contribution in [0, 0.1) is 11.6 Å². The fraction of sp³-hybridized carbons (Fsp3) is 0.571. The van der Waals surface area contributed by atoms with E-state index in [-0.39, 0.29) is 12.2 Å². The van der Waals surface area contributed by atoms with Crippen LogP contribution in [-0.4, -0.2) is 30.0 Å². The molecule has 0 fully saturated rings. The molecule has 0 saturated carbocycles. The first kappa shape index (κ1) is 16.0. The van der Waals surface area contributed by atoms with Crippen molar-refractivity contribution in [1.82, 2.24) is 5.32 Å². The first-order chi connectivity index (χ1) is 8.78. The standard InChI is InChI=1S/C14H21F2NO2/c1-14(2,3)19-9-11(18)8-17-7-10-4-5-12(15)13(16)6-10/h4-6,11,17-18H,7-9H2,1-3H3. The van der Waals surface area contributed by atoms with Gasteiger partial charge in [-0.2, -0.15) is 0 Å². The molecule has 0 saturated heterocycles. The summed E-state index contributed by atoms with van der Waals surface area (Å²) in [6.07, 6.45) is -0.635. The van der Waals surface area contributed by atoms with Gasteiger partial charge in [0, 0.05) is 13.1 Å². The molecule has 2 N–H and O–H groups in total. The summed E-state index contributed by atoms with van der Waals surface area (Å²) in [5.74, 6) is -1.72. The largest absolute Gasteiger partial charge is 0.389 e. The second-order valence-corrected chi connectivity index (χ2v) is 5.46. The summed E-state index contributed by atoms with van der Waals surface area (Å²) in [7, 11) is 0. The maximum Gasteiger partial charge on any atom is 0.159 e. The zero-order valence-electron chi connectivity index (χ0n) is 11.5. The van der Waals surface area contributed by atoms with Gasteiger partial charge in [0.15, 0.2) is 11.6 Å². The molecule has 3 nitrogen and oxygen atoms in total. The van der Waals surface area contributed by atoms with Crippen LogP contribution in [0.15, 0.2) is 18.2 Å². The van der Waals surface area contributed by atoms with Crippen LogP contribution in [0.3, 0.4) is 0 Å². The van der Waals surface area contributed by atoms with Crippen molar-refractivity contribution in [3.8, 4) is 0 Å². The summed E-state index contributed by atoms with van der Waals surface area (Å²) in [6.45, 7) is 6.66. The number of rotatable bonds is 6. The third kappa shape index (κ3) is 6.61. The lowest BCUT2D eigenvalue weighted by Crippen LogP contribution is -2.33. The molecule has 0 amide bonds. The van der Waals surface area contributed by atoms with Crippen molar-refractivity contribution in [3.63, 3.8) is 0 Å². The van der Waals surface area contributed by atoms with Gasteiger partial charge in [-0.3, -0.25) is 0 Å². The van der Waals surface area contributed by atoms with E-state index in [1.165, 1.54) is 6.07 Å². The van der Waals surface area contributed by atoms with E-state index in [2.05, 4.69) is 5.32 Å². The van der Waals surface area contributed by atoms with E-state index in [1.807, 2.05) is 20.8 Å². The molecule has 1 aromatic rings. The number of nitrogens with one attached hydrogen (secondary N) is 1. The molecule has 19 heavy (non-hydrogen) atoms. The summed E-state index contributed by atoms with van der Waals surface area (Å²) < 4.78 is 31.1. The third-order valence-electron chi connectivity index (χ3n) is 2.40. The van der Waals surface area contributed by atoms with Crippen molar-refractivity contribution in [3.05, 3.63) is 35.4 Å². The molecule has 0 aliphatic heterocycles. The SMILES string of the molecule is CC(C)(C)OCC(O)CNCc1ccc(F)c(F)c1. The molecule has 1 rings (SSSR count). The third-order valence-corrected chi connectivity index (χ3v) is 2.40. The van der Waals surface area contributed by atoms with Gasteiger partial charge in [0.2, 0.25) is 0 Å². The van der Waals surface area contributed by atoms with Crippen LogP contribution in [0.1, 0.15) is 26.3 Å². The molecular weight excluding hydrogens is 252 g/mol. The number of benzene rings is 1. The van der Waals surface area contributed by atoms with E-state index in [9.17, 15) is 13.9 Å². The first-order valence-corrected chi connectivity index (χ1v) is 6.24. The maximum absolute atomic E-state index is 12.9. The predicted octanol–water partition coefficient (Wildman–Crippen LogP) is 2.23. The van der Waals surface area contributed by atoms with Crippen molar-refractivity contribution in [2.45, 2.75) is 39.0 Å². The van der Waals surface area contributed by atoms with E-state index in [0.717, 1.165) is 12.1 Å². The highest BCUT2D eigenvalue weighted by atomic mass is 19.2. The number of halogens is 2. The molecule has 0 spiro atoms. The Hall–Kier alpha value is -1.04. The van der Waals surface area contributed by atoms with Crippen LogP contribution >= 0.6 is 0 Å². The molecule has 5 heteroatoms. The maximum atomic E-state index is 12.9. The van der Waals surface area contributed by atoms with Crippen LogP contribution in [-0.2, 0) is 11.3 Å². The van der Waals surface area contributed by atoms with E-state index >= 15 is 0 Å². The fourth-order valence-corrected chi connectivity index (χ4v) is 1.44. The zero-order valence-corrected chi connectivity index (χ0v) is 11.5. The predicted molar refractivity (Wildman–Crippen MR) is 69.8 cm³/mol. The van der Waals surface area contributed by atoms with Gasteiger partial charge in [-0.25, -0.2) is 8.78 Å². The van der Waals surface area contributed by atoms with Crippen molar-refractivity contribution in [1.29, 1.82) is 0 Å².